The first-order chi connectivity index (χ1) is 9.41. The Labute approximate surface area is 122 Å². The molecule has 1 aromatic rings. The summed E-state index contributed by atoms with van der Waals surface area (Å²) in [6.07, 6.45) is 3.91. The maximum atomic E-state index is 14.3. The molecule has 0 amide bonds. The van der Waals surface area contributed by atoms with Gasteiger partial charge in [0.15, 0.2) is 0 Å². The van der Waals surface area contributed by atoms with Crippen molar-refractivity contribution in [3.63, 3.8) is 0 Å². The van der Waals surface area contributed by atoms with E-state index in [9.17, 15) is 4.39 Å². The summed E-state index contributed by atoms with van der Waals surface area (Å²) in [4.78, 5) is 2.17. The summed E-state index contributed by atoms with van der Waals surface area (Å²) in [5.41, 5.74) is 8.07. The molecule has 0 aromatic heterocycles. The predicted octanol–water partition coefficient (Wildman–Crippen LogP) is 3.73. The smallest absolute Gasteiger partial charge is 0.146 e. The summed E-state index contributed by atoms with van der Waals surface area (Å²) >= 11 is 0. The van der Waals surface area contributed by atoms with Crippen molar-refractivity contribution in [3.05, 3.63) is 29.6 Å². The van der Waals surface area contributed by atoms with Crippen LogP contribution in [0.3, 0.4) is 0 Å². The largest absolute Gasteiger partial charge is 0.369 e. The highest BCUT2D eigenvalue weighted by Crippen LogP contribution is 2.33. The van der Waals surface area contributed by atoms with Crippen LogP contribution >= 0.6 is 0 Å². The van der Waals surface area contributed by atoms with Gasteiger partial charge in [0, 0.05) is 19.1 Å². The van der Waals surface area contributed by atoms with Crippen LogP contribution in [-0.2, 0) is 6.42 Å². The lowest BCUT2D eigenvalue weighted by atomic mass is 9.82. The van der Waals surface area contributed by atoms with Crippen molar-refractivity contribution in [2.45, 2.75) is 52.5 Å². The molecule has 2 rings (SSSR count). The van der Waals surface area contributed by atoms with Gasteiger partial charge in [-0.2, -0.15) is 0 Å². The zero-order chi connectivity index (χ0) is 14.8. The van der Waals surface area contributed by atoms with E-state index in [1.165, 1.54) is 0 Å². The highest BCUT2D eigenvalue weighted by molar-refractivity contribution is 5.49. The van der Waals surface area contributed by atoms with Crippen molar-refractivity contribution in [3.8, 4) is 0 Å². The number of piperidine rings is 1. The summed E-state index contributed by atoms with van der Waals surface area (Å²) in [5.74, 6) is -0.106. The molecular weight excluding hydrogens is 251 g/mol. The Morgan fingerprint density at radius 2 is 1.95 bits per heavy atom. The molecule has 0 aliphatic carbocycles. The van der Waals surface area contributed by atoms with Gasteiger partial charge in [0.25, 0.3) is 0 Å². The number of benzene rings is 1. The van der Waals surface area contributed by atoms with E-state index in [2.05, 4.69) is 25.7 Å². The van der Waals surface area contributed by atoms with Gasteiger partial charge in [-0.05, 0) is 48.8 Å². The Morgan fingerprint density at radius 1 is 1.30 bits per heavy atom. The number of hydrogen-bond acceptors (Lipinski definition) is 2. The van der Waals surface area contributed by atoms with Gasteiger partial charge in [-0.15, -0.1) is 0 Å². The fourth-order valence-corrected chi connectivity index (χ4v) is 2.73. The summed E-state index contributed by atoms with van der Waals surface area (Å²) in [5, 5.41) is 0. The van der Waals surface area contributed by atoms with Crippen LogP contribution in [-0.4, -0.2) is 19.1 Å². The molecule has 0 saturated carbocycles. The van der Waals surface area contributed by atoms with Crippen molar-refractivity contribution in [2.75, 3.05) is 18.0 Å². The molecule has 1 aromatic carbocycles. The lowest BCUT2D eigenvalue weighted by molar-refractivity contribution is 0.279. The first kappa shape index (κ1) is 15.3. The van der Waals surface area contributed by atoms with Gasteiger partial charge in [0.1, 0.15) is 5.82 Å². The van der Waals surface area contributed by atoms with Crippen LogP contribution in [0.2, 0.25) is 0 Å². The minimum Gasteiger partial charge on any atom is -0.369 e. The van der Waals surface area contributed by atoms with Gasteiger partial charge >= 0.3 is 0 Å². The molecule has 1 aliphatic heterocycles. The Bertz CT molecular complexity index is 446. The minimum atomic E-state index is -0.106. The van der Waals surface area contributed by atoms with Gasteiger partial charge in [0.05, 0.1) is 5.69 Å². The van der Waals surface area contributed by atoms with Crippen molar-refractivity contribution >= 4 is 5.69 Å². The van der Waals surface area contributed by atoms with E-state index >= 15 is 0 Å². The lowest BCUT2D eigenvalue weighted by Gasteiger charge is -2.38. The highest BCUT2D eigenvalue weighted by atomic mass is 19.1. The number of halogens is 1. The molecule has 2 nitrogen and oxygen atoms in total. The topological polar surface area (TPSA) is 29.3 Å². The quantitative estimate of drug-likeness (QED) is 0.909. The molecule has 0 bridgehead atoms. The maximum absolute atomic E-state index is 14.3. The molecule has 1 unspecified atom stereocenters. The van der Waals surface area contributed by atoms with Crippen molar-refractivity contribution in [1.82, 2.24) is 0 Å². The number of rotatable bonds is 4. The van der Waals surface area contributed by atoms with Crippen molar-refractivity contribution in [1.29, 1.82) is 0 Å². The van der Waals surface area contributed by atoms with E-state index < -0.39 is 0 Å². The van der Waals surface area contributed by atoms with Crippen LogP contribution in [0.1, 0.15) is 45.6 Å². The van der Waals surface area contributed by atoms with Crippen LogP contribution in [0.5, 0.6) is 0 Å². The molecule has 20 heavy (non-hydrogen) atoms. The van der Waals surface area contributed by atoms with Crippen molar-refractivity contribution < 1.29 is 4.39 Å². The Hall–Kier alpha value is -1.09. The Balaban J connectivity index is 2.06. The molecule has 0 radical (unpaired) electrons. The number of nitrogens with two attached hydrogens (primary N) is 1. The normalized spacial score (nSPS) is 19.9. The second-order valence-electron chi connectivity index (χ2n) is 6.81. The van der Waals surface area contributed by atoms with Crippen LogP contribution in [0.25, 0.3) is 0 Å². The highest BCUT2D eigenvalue weighted by Gasteiger charge is 2.26. The predicted molar refractivity (Wildman–Crippen MR) is 83.6 cm³/mol. The van der Waals surface area contributed by atoms with E-state index in [0.717, 1.165) is 50.0 Å². The molecule has 112 valence electrons. The third-order valence-electron chi connectivity index (χ3n) is 4.49. The van der Waals surface area contributed by atoms with E-state index in [0.29, 0.717) is 5.41 Å². The second kappa shape index (κ2) is 6.13. The molecule has 1 aliphatic rings. The summed E-state index contributed by atoms with van der Waals surface area (Å²) in [7, 11) is 0. The first-order valence-electron chi connectivity index (χ1n) is 7.70. The lowest BCUT2D eigenvalue weighted by Crippen LogP contribution is -2.37. The van der Waals surface area contributed by atoms with Crippen molar-refractivity contribution in [2.24, 2.45) is 11.1 Å². The zero-order valence-corrected chi connectivity index (χ0v) is 13.0. The maximum Gasteiger partial charge on any atom is 0.146 e. The van der Waals surface area contributed by atoms with Gasteiger partial charge in [-0.25, -0.2) is 4.39 Å². The summed E-state index contributed by atoms with van der Waals surface area (Å²) < 4.78 is 14.3. The van der Waals surface area contributed by atoms with E-state index in [4.69, 9.17) is 5.73 Å². The fourth-order valence-electron chi connectivity index (χ4n) is 2.73. The molecule has 3 heteroatoms. The van der Waals surface area contributed by atoms with Crippen LogP contribution in [0.4, 0.5) is 10.1 Å². The Morgan fingerprint density at radius 3 is 2.50 bits per heavy atom. The number of hydrogen-bond donors (Lipinski definition) is 1. The third-order valence-corrected chi connectivity index (χ3v) is 4.49. The standard InChI is InChI=1S/C17H27FN2/c1-4-14(19)11-13-5-6-16(15(18)12-13)20-9-7-17(2,3)8-10-20/h5-6,12,14H,4,7-11,19H2,1-3H3. The monoisotopic (exact) mass is 278 g/mol. The molecule has 0 spiro atoms. The summed E-state index contributed by atoms with van der Waals surface area (Å²) in [6.45, 7) is 8.52. The average Bonchev–Trinajstić information content (AvgIpc) is 2.39. The average molecular weight is 278 g/mol. The zero-order valence-electron chi connectivity index (χ0n) is 13.0. The van der Waals surface area contributed by atoms with Crippen LogP contribution < -0.4 is 10.6 Å². The van der Waals surface area contributed by atoms with Gasteiger partial charge in [-0.3, -0.25) is 0 Å². The van der Waals surface area contributed by atoms with Gasteiger partial charge in [-0.1, -0.05) is 26.8 Å². The van der Waals surface area contributed by atoms with E-state index in [1.54, 1.807) is 6.07 Å². The Kier molecular flexibility index (Phi) is 4.69. The molecular formula is C17H27FN2. The minimum absolute atomic E-state index is 0.106. The number of anilines is 1. The SMILES string of the molecule is CCC(N)Cc1ccc(N2CCC(C)(C)CC2)c(F)c1. The van der Waals surface area contributed by atoms with Gasteiger partial charge < -0.3 is 10.6 Å². The van der Waals surface area contributed by atoms with Crippen LogP contribution in [0, 0.1) is 11.2 Å². The first-order valence-corrected chi connectivity index (χ1v) is 7.70. The molecule has 2 N–H and O–H groups in total. The second-order valence-corrected chi connectivity index (χ2v) is 6.81. The third kappa shape index (κ3) is 3.72. The van der Waals surface area contributed by atoms with Crippen LogP contribution in [0.15, 0.2) is 18.2 Å². The summed E-state index contributed by atoms with van der Waals surface area (Å²) in [6, 6.07) is 5.72. The van der Waals surface area contributed by atoms with E-state index in [-0.39, 0.29) is 11.9 Å². The molecule has 1 fully saturated rings. The molecule has 1 atom stereocenters. The van der Waals surface area contributed by atoms with E-state index in [1.807, 2.05) is 12.1 Å². The van der Waals surface area contributed by atoms with Gasteiger partial charge in [0.2, 0.25) is 0 Å². The number of nitrogens with zero attached hydrogens (tertiary/aromatic N) is 1. The molecule has 1 heterocycles. The molecule has 1 saturated heterocycles. The fraction of sp³-hybridized carbons (Fsp3) is 0.647.